The van der Waals surface area contributed by atoms with Crippen molar-refractivity contribution in [3.63, 3.8) is 0 Å². The predicted molar refractivity (Wildman–Crippen MR) is 102 cm³/mol. The van der Waals surface area contributed by atoms with E-state index in [4.69, 9.17) is 0 Å². The number of nitrogens with zero attached hydrogens (tertiary/aromatic N) is 1. The maximum atomic E-state index is 12.6. The number of aryl methyl sites for hydroxylation is 1. The molecule has 2 aromatic rings. The number of H-pyrrole nitrogens is 1. The minimum atomic E-state index is -0.0285. The lowest BCUT2D eigenvalue weighted by molar-refractivity contribution is -0.136. The highest BCUT2D eigenvalue weighted by Crippen LogP contribution is 2.23. The number of hydrogen-bond acceptors (Lipinski definition) is 3. The third kappa shape index (κ3) is 3.46. The summed E-state index contributed by atoms with van der Waals surface area (Å²) in [5.41, 5.74) is 3.01. The number of carbonyl (C=O) groups excluding carboxylic acids is 2. The molecule has 0 aliphatic carbocycles. The van der Waals surface area contributed by atoms with Crippen molar-refractivity contribution in [2.24, 2.45) is 5.92 Å². The SMILES string of the molecule is Cc1cc2cc(NC(=O)C3CCN(C(=O)[C@@H]4CCCN4)CC3)ccc2[nH]1. The number of likely N-dealkylation sites (tertiary alicyclic amines) is 1. The van der Waals surface area contributed by atoms with Crippen LogP contribution in [-0.4, -0.2) is 47.4 Å². The van der Waals surface area contributed by atoms with Crippen LogP contribution in [0.5, 0.6) is 0 Å². The molecule has 2 aliphatic heterocycles. The zero-order chi connectivity index (χ0) is 18.1. The van der Waals surface area contributed by atoms with E-state index in [1.807, 2.05) is 30.0 Å². The van der Waals surface area contributed by atoms with E-state index in [0.29, 0.717) is 13.1 Å². The Morgan fingerprint density at radius 2 is 1.96 bits per heavy atom. The Balaban J connectivity index is 1.33. The van der Waals surface area contributed by atoms with Gasteiger partial charge in [0.25, 0.3) is 0 Å². The molecular weight excluding hydrogens is 328 g/mol. The van der Waals surface area contributed by atoms with Gasteiger partial charge < -0.3 is 20.5 Å². The topological polar surface area (TPSA) is 77.2 Å². The Morgan fingerprint density at radius 3 is 2.69 bits per heavy atom. The Morgan fingerprint density at radius 1 is 1.15 bits per heavy atom. The Kier molecular flexibility index (Phi) is 4.68. The monoisotopic (exact) mass is 354 g/mol. The van der Waals surface area contributed by atoms with Crippen LogP contribution in [0.4, 0.5) is 5.69 Å². The van der Waals surface area contributed by atoms with E-state index in [0.717, 1.165) is 54.5 Å². The predicted octanol–water partition coefficient (Wildman–Crippen LogP) is 2.41. The van der Waals surface area contributed by atoms with Crippen LogP contribution in [0.2, 0.25) is 0 Å². The van der Waals surface area contributed by atoms with Crippen LogP contribution in [0.1, 0.15) is 31.4 Å². The number of piperidine rings is 1. The van der Waals surface area contributed by atoms with Gasteiger partial charge in [0.05, 0.1) is 6.04 Å². The molecule has 0 saturated carbocycles. The fourth-order valence-electron chi connectivity index (χ4n) is 4.08. The first-order valence-corrected chi connectivity index (χ1v) is 9.52. The number of hydrogen-bond donors (Lipinski definition) is 3. The second-order valence-electron chi connectivity index (χ2n) is 7.49. The van der Waals surface area contributed by atoms with Gasteiger partial charge in [-0.25, -0.2) is 0 Å². The van der Waals surface area contributed by atoms with Crippen molar-refractivity contribution in [1.82, 2.24) is 15.2 Å². The standard InChI is InChI=1S/C20H26N4O2/c1-13-11-15-12-16(4-5-17(15)22-13)23-19(25)14-6-9-24(10-7-14)20(26)18-3-2-8-21-18/h4-5,11-12,14,18,21-22H,2-3,6-10H2,1H3,(H,23,25)/t18-/m0/s1. The van der Waals surface area contributed by atoms with Crippen LogP contribution in [0.15, 0.2) is 24.3 Å². The molecule has 3 heterocycles. The largest absolute Gasteiger partial charge is 0.359 e. The number of nitrogens with one attached hydrogen (secondary N) is 3. The third-order valence-corrected chi connectivity index (χ3v) is 5.56. The number of carbonyl (C=O) groups is 2. The average Bonchev–Trinajstić information content (AvgIpc) is 3.29. The van der Waals surface area contributed by atoms with Gasteiger partial charge >= 0.3 is 0 Å². The van der Waals surface area contributed by atoms with E-state index in [9.17, 15) is 9.59 Å². The number of anilines is 1. The van der Waals surface area contributed by atoms with Gasteiger partial charge in [0.1, 0.15) is 0 Å². The minimum Gasteiger partial charge on any atom is -0.359 e. The number of rotatable bonds is 3. The summed E-state index contributed by atoms with van der Waals surface area (Å²) in [6.45, 7) is 4.30. The summed E-state index contributed by atoms with van der Waals surface area (Å²) in [6.07, 6.45) is 3.46. The molecule has 26 heavy (non-hydrogen) atoms. The van der Waals surface area contributed by atoms with Crippen molar-refractivity contribution < 1.29 is 9.59 Å². The highest BCUT2D eigenvalue weighted by Gasteiger charge is 2.31. The van der Waals surface area contributed by atoms with Crippen molar-refractivity contribution in [2.45, 2.75) is 38.6 Å². The highest BCUT2D eigenvalue weighted by atomic mass is 16.2. The number of benzene rings is 1. The molecule has 0 unspecified atom stereocenters. The molecule has 1 atom stereocenters. The van der Waals surface area contributed by atoms with Gasteiger partial charge in [-0.1, -0.05) is 0 Å². The summed E-state index contributed by atoms with van der Waals surface area (Å²) in [5.74, 6) is 0.233. The highest BCUT2D eigenvalue weighted by molar-refractivity contribution is 5.95. The van der Waals surface area contributed by atoms with E-state index in [1.165, 1.54) is 0 Å². The van der Waals surface area contributed by atoms with Crippen LogP contribution in [0.25, 0.3) is 10.9 Å². The fraction of sp³-hybridized carbons (Fsp3) is 0.500. The zero-order valence-electron chi connectivity index (χ0n) is 15.2. The van der Waals surface area contributed by atoms with Crippen molar-refractivity contribution in [1.29, 1.82) is 0 Å². The fourth-order valence-corrected chi connectivity index (χ4v) is 4.08. The maximum Gasteiger partial charge on any atom is 0.239 e. The molecule has 6 heteroatoms. The van der Waals surface area contributed by atoms with E-state index in [1.54, 1.807) is 0 Å². The Labute approximate surface area is 153 Å². The smallest absolute Gasteiger partial charge is 0.239 e. The number of fused-ring (bicyclic) bond motifs is 1. The van der Waals surface area contributed by atoms with Crippen LogP contribution < -0.4 is 10.6 Å². The van der Waals surface area contributed by atoms with Crippen LogP contribution in [0, 0.1) is 12.8 Å². The molecule has 6 nitrogen and oxygen atoms in total. The molecule has 0 spiro atoms. The van der Waals surface area contributed by atoms with Crippen LogP contribution in [-0.2, 0) is 9.59 Å². The molecule has 2 fully saturated rings. The van der Waals surface area contributed by atoms with E-state index in [-0.39, 0.29) is 23.8 Å². The van der Waals surface area contributed by atoms with Crippen LogP contribution >= 0.6 is 0 Å². The van der Waals surface area contributed by atoms with Gasteiger partial charge in [-0.15, -0.1) is 0 Å². The average molecular weight is 354 g/mol. The minimum absolute atomic E-state index is 0.0167. The first kappa shape index (κ1) is 17.1. The summed E-state index contributed by atoms with van der Waals surface area (Å²) >= 11 is 0. The lowest BCUT2D eigenvalue weighted by Gasteiger charge is -2.33. The molecule has 4 rings (SSSR count). The summed E-state index contributed by atoms with van der Waals surface area (Å²) in [7, 11) is 0. The third-order valence-electron chi connectivity index (χ3n) is 5.56. The van der Waals surface area contributed by atoms with Crippen LogP contribution in [0.3, 0.4) is 0 Å². The number of aromatic nitrogens is 1. The van der Waals surface area contributed by atoms with Crippen molar-refractivity contribution in [3.8, 4) is 0 Å². The van der Waals surface area contributed by atoms with Gasteiger partial charge in [0.15, 0.2) is 0 Å². The summed E-state index contributed by atoms with van der Waals surface area (Å²) < 4.78 is 0. The quantitative estimate of drug-likeness (QED) is 0.792. The molecule has 0 radical (unpaired) electrons. The van der Waals surface area contributed by atoms with E-state index < -0.39 is 0 Å². The lowest BCUT2D eigenvalue weighted by atomic mass is 9.95. The van der Waals surface area contributed by atoms with Crippen molar-refractivity contribution in [2.75, 3.05) is 25.0 Å². The normalized spacial score (nSPS) is 21.3. The molecule has 2 aliphatic rings. The Hall–Kier alpha value is -2.34. The second kappa shape index (κ2) is 7.11. The number of aromatic amines is 1. The molecule has 2 saturated heterocycles. The first-order chi connectivity index (χ1) is 12.6. The van der Waals surface area contributed by atoms with Crippen molar-refractivity contribution in [3.05, 3.63) is 30.0 Å². The molecule has 138 valence electrons. The first-order valence-electron chi connectivity index (χ1n) is 9.52. The zero-order valence-corrected chi connectivity index (χ0v) is 15.2. The van der Waals surface area contributed by atoms with Gasteiger partial charge in [-0.3, -0.25) is 9.59 Å². The van der Waals surface area contributed by atoms with E-state index >= 15 is 0 Å². The summed E-state index contributed by atoms with van der Waals surface area (Å²) in [5, 5.41) is 7.41. The van der Waals surface area contributed by atoms with E-state index in [2.05, 4.69) is 21.7 Å². The number of amides is 2. The second-order valence-corrected chi connectivity index (χ2v) is 7.49. The summed E-state index contributed by atoms with van der Waals surface area (Å²) in [4.78, 5) is 30.3. The lowest BCUT2D eigenvalue weighted by Crippen LogP contribution is -2.48. The molecule has 0 bridgehead atoms. The molecule has 1 aromatic heterocycles. The molecular formula is C20H26N4O2. The maximum absolute atomic E-state index is 12.6. The summed E-state index contributed by atoms with van der Waals surface area (Å²) in [6, 6.07) is 7.98. The van der Waals surface area contributed by atoms with Gasteiger partial charge in [-0.2, -0.15) is 0 Å². The van der Waals surface area contributed by atoms with Gasteiger partial charge in [0, 0.05) is 41.3 Å². The van der Waals surface area contributed by atoms with Crippen molar-refractivity contribution >= 4 is 28.4 Å². The van der Waals surface area contributed by atoms with Gasteiger partial charge in [0.2, 0.25) is 11.8 Å². The molecule has 3 N–H and O–H groups in total. The molecule has 2 amide bonds. The van der Waals surface area contributed by atoms with Gasteiger partial charge in [-0.05, 0) is 63.4 Å². The Bertz CT molecular complexity index is 814. The molecule has 1 aromatic carbocycles.